The van der Waals surface area contributed by atoms with Crippen LogP contribution in [0.3, 0.4) is 0 Å². The summed E-state index contributed by atoms with van der Waals surface area (Å²) in [6, 6.07) is 1.37. The van der Waals surface area contributed by atoms with Crippen molar-refractivity contribution in [3.8, 4) is 0 Å². The zero-order chi connectivity index (χ0) is 10.7. The molecule has 0 aliphatic heterocycles. The Morgan fingerprint density at radius 3 is 2.71 bits per heavy atom. The van der Waals surface area contributed by atoms with Gasteiger partial charge in [0.25, 0.3) is 11.8 Å². The van der Waals surface area contributed by atoms with E-state index in [1.807, 2.05) is 6.92 Å². The summed E-state index contributed by atoms with van der Waals surface area (Å²) in [4.78, 5) is 22.1. The molecule has 0 saturated carbocycles. The van der Waals surface area contributed by atoms with Gasteiger partial charge in [0.15, 0.2) is 5.69 Å². The predicted molar refractivity (Wildman–Crippen MR) is 49.7 cm³/mol. The maximum atomic E-state index is 11.4. The van der Waals surface area contributed by atoms with Crippen molar-refractivity contribution in [1.82, 2.24) is 15.1 Å². The fourth-order valence-electron chi connectivity index (χ4n) is 1.05. The zero-order valence-corrected chi connectivity index (χ0v) is 8.07. The standard InChI is InChI=1S/C8H12N4O2/c1-3-10-8(14)6-4-5(7(9)13)11-12(6)2/h4H,3H2,1-2H3,(H2,9,13)(H,10,14). The van der Waals surface area contributed by atoms with Crippen molar-refractivity contribution in [2.45, 2.75) is 6.92 Å². The molecule has 0 radical (unpaired) electrons. The number of hydrogen-bond acceptors (Lipinski definition) is 3. The third-order valence-corrected chi connectivity index (χ3v) is 1.70. The van der Waals surface area contributed by atoms with Crippen molar-refractivity contribution in [2.24, 2.45) is 12.8 Å². The number of aromatic nitrogens is 2. The molecule has 0 fully saturated rings. The molecule has 1 aromatic heterocycles. The predicted octanol–water partition coefficient (Wildman–Crippen LogP) is -0.731. The molecular formula is C8H12N4O2. The molecule has 2 amide bonds. The SMILES string of the molecule is CCNC(=O)c1cc(C(N)=O)nn1C. The van der Waals surface area contributed by atoms with Gasteiger partial charge in [-0.05, 0) is 6.92 Å². The summed E-state index contributed by atoms with van der Waals surface area (Å²) in [5.41, 5.74) is 5.44. The number of primary amides is 1. The highest BCUT2D eigenvalue weighted by atomic mass is 16.2. The van der Waals surface area contributed by atoms with Gasteiger partial charge in [-0.3, -0.25) is 14.3 Å². The number of aryl methyl sites for hydroxylation is 1. The van der Waals surface area contributed by atoms with Crippen LogP contribution in [0.1, 0.15) is 27.9 Å². The number of amides is 2. The topological polar surface area (TPSA) is 90.0 Å². The normalized spacial score (nSPS) is 9.86. The lowest BCUT2D eigenvalue weighted by atomic mass is 10.3. The first-order valence-electron chi connectivity index (χ1n) is 4.18. The highest BCUT2D eigenvalue weighted by Crippen LogP contribution is 2.01. The van der Waals surface area contributed by atoms with Crippen LogP contribution in [0.4, 0.5) is 0 Å². The number of hydrogen-bond donors (Lipinski definition) is 2. The molecule has 3 N–H and O–H groups in total. The first-order chi connectivity index (χ1) is 6.56. The molecule has 6 nitrogen and oxygen atoms in total. The molecule has 0 unspecified atom stereocenters. The largest absolute Gasteiger partial charge is 0.364 e. The quantitative estimate of drug-likeness (QED) is 0.667. The number of nitrogens with one attached hydrogen (secondary N) is 1. The molecule has 14 heavy (non-hydrogen) atoms. The van der Waals surface area contributed by atoms with Crippen LogP contribution in [0.2, 0.25) is 0 Å². The van der Waals surface area contributed by atoms with E-state index in [2.05, 4.69) is 10.4 Å². The van der Waals surface area contributed by atoms with E-state index in [1.165, 1.54) is 10.7 Å². The van der Waals surface area contributed by atoms with E-state index in [9.17, 15) is 9.59 Å². The van der Waals surface area contributed by atoms with Crippen LogP contribution in [0.15, 0.2) is 6.07 Å². The summed E-state index contributed by atoms with van der Waals surface area (Å²) < 4.78 is 1.32. The molecule has 0 aliphatic rings. The summed E-state index contributed by atoms with van der Waals surface area (Å²) in [6.07, 6.45) is 0. The van der Waals surface area contributed by atoms with Gasteiger partial charge in [0, 0.05) is 19.7 Å². The van der Waals surface area contributed by atoms with Gasteiger partial charge in [0.05, 0.1) is 0 Å². The summed E-state index contributed by atoms with van der Waals surface area (Å²) >= 11 is 0. The van der Waals surface area contributed by atoms with Gasteiger partial charge in [-0.15, -0.1) is 0 Å². The number of carbonyl (C=O) groups is 2. The van der Waals surface area contributed by atoms with Crippen LogP contribution in [-0.2, 0) is 7.05 Å². The Kier molecular flexibility index (Phi) is 2.85. The van der Waals surface area contributed by atoms with Gasteiger partial charge in [0.2, 0.25) is 0 Å². The molecule has 1 aromatic rings. The molecular weight excluding hydrogens is 184 g/mol. The average molecular weight is 196 g/mol. The Morgan fingerprint density at radius 2 is 2.29 bits per heavy atom. The van der Waals surface area contributed by atoms with Crippen molar-refractivity contribution in [2.75, 3.05) is 6.54 Å². The van der Waals surface area contributed by atoms with E-state index >= 15 is 0 Å². The minimum absolute atomic E-state index is 0.0914. The smallest absolute Gasteiger partial charge is 0.269 e. The maximum absolute atomic E-state index is 11.4. The van der Waals surface area contributed by atoms with Crippen LogP contribution in [-0.4, -0.2) is 28.1 Å². The minimum Gasteiger partial charge on any atom is -0.364 e. The Balaban J connectivity index is 2.98. The van der Waals surface area contributed by atoms with Gasteiger partial charge >= 0.3 is 0 Å². The highest BCUT2D eigenvalue weighted by Gasteiger charge is 2.14. The van der Waals surface area contributed by atoms with Crippen molar-refractivity contribution in [1.29, 1.82) is 0 Å². The lowest BCUT2D eigenvalue weighted by Gasteiger charge is -2.00. The van der Waals surface area contributed by atoms with Crippen LogP contribution in [0.5, 0.6) is 0 Å². The van der Waals surface area contributed by atoms with Crippen LogP contribution >= 0.6 is 0 Å². The fraction of sp³-hybridized carbons (Fsp3) is 0.375. The molecule has 0 aliphatic carbocycles. The van der Waals surface area contributed by atoms with Crippen molar-refractivity contribution >= 4 is 11.8 Å². The number of nitrogens with zero attached hydrogens (tertiary/aromatic N) is 2. The van der Waals surface area contributed by atoms with E-state index in [1.54, 1.807) is 7.05 Å². The number of nitrogens with two attached hydrogens (primary N) is 1. The van der Waals surface area contributed by atoms with Crippen molar-refractivity contribution in [3.63, 3.8) is 0 Å². The third kappa shape index (κ3) is 1.90. The van der Waals surface area contributed by atoms with Crippen LogP contribution in [0.25, 0.3) is 0 Å². The molecule has 0 atom stereocenters. The molecule has 1 rings (SSSR count). The molecule has 0 saturated heterocycles. The van der Waals surface area contributed by atoms with Crippen molar-refractivity contribution < 1.29 is 9.59 Å². The van der Waals surface area contributed by atoms with E-state index in [0.29, 0.717) is 12.2 Å². The zero-order valence-electron chi connectivity index (χ0n) is 8.07. The first-order valence-corrected chi connectivity index (χ1v) is 4.18. The first kappa shape index (κ1) is 10.2. The second-order valence-corrected chi connectivity index (χ2v) is 2.76. The molecule has 0 bridgehead atoms. The monoisotopic (exact) mass is 196 g/mol. The lowest BCUT2D eigenvalue weighted by Crippen LogP contribution is -2.24. The summed E-state index contributed by atoms with van der Waals surface area (Å²) in [6.45, 7) is 2.33. The summed E-state index contributed by atoms with van der Waals surface area (Å²) in [7, 11) is 1.58. The van der Waals surface area contributed by atoms with Gasteiger partial charge < -0.3 is 11.1 Å². The molecule has 6 heteroatoms. The van der Waals surface area contributed by atoms with Crippen LogP contribution in [0, 0.1) is 0 Å². The molecule has 1 heterocycles. The average Bonchev–Trinajstić information content (AvgIpc) is 2.48. The second kappa shape index (κ2) is 3.91. The minimum atomic E-state index is -0.642. The van der Waals surface area contributed by atoms with E-state index in [0.717, 1.165) is 0 Å². The van der Waals surface area contributed by atoms with E-state index < -0.39 is 5.91 Å². The Bertz CT molecular complexity index is 369. The highest BCUT2D eigenvalue weighted by molar-refractivity contribution is 5.97. The van der Waals surface area contributed by atoms with Crippen LogP contribution < -0.4 is 11.1 Å². The summed E-state index contributed by atoms with van der Waals surface area (Å²) in [5.74, 6) is -0.911. The maximum Gasteiger partial charge on any atom is 0.269 e. The molecule has 0 aromatic carbocycles. The number of rotatable bonds is 3. The molecule has 0 spiro atoms. The Morgan fingerprint density at radius 1 is 1.64 bits per heavy atom. The van der Waals surface area contributed by atoms with Gasteiger partial charge in [-0.25, -0.2) is 0 Å². The Hall–Kier alpha value is -1.85. The van der Waals surface area contributed by atoms with E-state index in [4.69, 9.17) is 5.73 Å². The van der Waals surface area contributed by atoms with E-state index in [-0.39, 0.29) is 11.6 Å². The number of carbonyl (C=O) groups excluding carboxylic acids is 2. The third-order valence-electron chi connectivity index (χ3n) is 1.70. The fourth-order valence-corrected chi connectivity index (χ4v) is 1.05. The lowest BCUT2D eigenvalue weighted by molar-refractivity contribution is 0.0945. The second-order valence-electron chi connectivity index (χ2n) is 2.76. The van der Waals surface area contributed by atoms with Crippen molar-refractivity contribution in [3.05, 3.63) is 17.5 Å². The summed E-state index contributed by atoms with van der Waals surface area (Å²) in [5, 5.41) is 6.40. The van der Waals surface area contributed by atoms with Gasteiger partial charge in [-0.2, -0.15) is 5.10 Å². The van der Waals surface area contributed by atoms with Gasteiger partial charge in [0.1, 0.15) is 5.69 Å². The molecule has 76 valence electrons. The Labute approximate surface area is 81.1 Å². The van der Waals surface area contributed by atoms with Gasteiger partial charge in [-0.1, -0.05) is 0 Å².